The molecule has 0 nitrogen and oxygen atoms in total. The maximum atomic E-state index is 3.52. The van der Waals surface area contributed by atoms with E-state index >= 15 is 0 Å². The number of hydrogen-bond donors (Lipinski definition) is 0. The summed E-state index contributed by atoms with van der Waals surface area (Å²) in [4.78, 5) is 0. The average molecular weight is 192 g/mol. The second kappa shape index (κ2) is 7.88. The molecular formula is C14H24. The van der Waals surface area contributed by atoms with Crippen LogP contribution in [0.4, 0.5) is 0 Å². The zero-order valence-electron chi connectivity index (χ0n) is 9.65. The third-order valence-corrected chi connectivity index (χ3v) is 2.97. The number of rotatable bonds is 3. The van der Waals surface area contributed by atoms with Crippen molar-refractivity contribution in [2.45, 2.75) is 71.1 Å². The molecule has 0 unspecified atom stereocenters. The highest BCUT2D eigenvalue weighted by atomic mass is 14.0. The van der Waals surface area contributed by atoms with E-state index in [-0.39, 0.29) is 0 Å². The summed E-state index contributed by atoms with van der Waals surface area (Å²) in [5.41, 5.74) is 5.09. The zero-order valence-corrected chi connectivity index (χ0v) is 9.65. The molecule has 0 heterocycles. The van der Waals surface area contributed by atoms with Crippen molar-refractivity contribution in [3.63, 3.8) is 0 Å². The largest absolute Gasteiger partial charge is 0.126 e. The van der Waals surface area contributed by atoms with Crippen molar-refractivity contribution in [1.82, 2.24) is 0 Å². The van der Waals surface area contributed by atoms with Crippen LogP contribution in [-0.4, -0.2) is 0 Å². The lowest BCUT2D eigenvalue weighted by Gasteiger charge is -2.06. The Morgan fingerprint density at radius 1 is 1.14 bits per heavy atom. The quantitative estimate of drug-likeness (QED) is 0.552. The van der Waals surface area contributed by atoms with E-state index in [1.54, 1.807) is 5.57 Å². The van der Waals surface area contributed by atoms with E-state index < -0.39 is 0 Å². The van der Waals surface area contributed by atoms with Gasteiger partial charge in [-0.05, 0) is 50.2 Å². The molecule has 0 atom stereocenters. The maximum Gasteiger partial charge on any atom is -0.0244 e. The molecule has 0 saturated heterocycles. The van der Waals surface area contributed by atoms with Crippen LogP contribution in [0.5, 0.6) is 0 Å². The minimum absolute atomic E-state index is 1.25. The van der Waals surface area contributed by atoms with Gasteiger partial charge in [0.25, 0.3) is 0 Å². The highest BCUT2D eigenvalue weighted by Gasteiger charge is 1.98. The van der Waals surface area contributed by atoms with E-state index in [1.165, 1.54) is 64.2 Å². The molecule has 1 rings (SSSR count). The van der Waals surface area contributed by atoms with Gasteiger partial charge in [0, 0.05) is 0 Å². The molecular weight excluding hydrogens is 168 g/mol. The van der Waals surface area contributed by atoms with Gasteiger partial charge in [0.1, 0.15) is 0 Å². The molecule has 80 valence electrons. The summed E-state index contributed by atoms with van der Waals surface area (Å²) >= 11 is 0. The summed E-state index contributed by atoms with van der Waals surface area (Å²) in [6.45, 7) is 2.27. The molecule has 0 aromatic rings. The van der Waals surface area contributed by atoms with Crippen LogP contribution in [0.1, 0.15) is 71.1 Å². The summed E-state index contributed by atoms with van der Waals surface area (Å²) in [6.07, 6.45) is 15.8. The topological polar surface area (TPSA) is 0 Å². The van der Waals surface area contributed by atoms with Gasteiger partial charge in [-0.2, -0.15) is 0 Å². The second-order valence-corrected chi connectivity index (χ2v) is 4.36. The van der Waals surface area contributed by atoms with E-state index in [0.717, 1.165) is 0 Å². The molecule has 0 spiro atoms. The van der Waals surface area contributed by atoms with Gasteiger partial charge >= 0.3 is 0 Å². The fourth-order valence-electron chi connectivity index (χ4n) is 1.99. The first-order valence-electron chi connectivity index (χ1n) is 6.36. The van der Waals surface area contributed by atoms with Crippen molar-refractivity contribution in [2.24, 2.45) is 0 Å². The van der Waals surface area contributed by atoms with Crippen LogP contribution in [0, 0.1) is 0 Å². The van der Waals surface area contributed by atoms with Gasteiger partial charge in [-0.15, -0.1) is 5.73 Å². The van der Waals surface area contributed by atoms with Crippen molar-refractivity contribution in [1.29, 1.82) is 0 Å². The summed E-state index contributed by atoms with van der Waals surface area (Å²) in [5.74, 6) is 0. The fourth-order valence-corrected chi connectivity index (χ4v) is 1.99. The average Bonchev–Trinajstić information content (AvgIpc) is 2.23. The Morgan fingerprint density at radius 2 is 1.93 bits per heavy atom. The Bertz CT molecular complexity index is 194. The monoisotopic (exact) mass is 192 g/mol. The molecule has 14 heavy (non-hydrogen) atoms. The predicted molar refractivity (Wildman–Crippen MR) is 63.4 cm³/mol. The standard InChI is InChI=1S/C14H24/c1-2-3-11-14-12-9-7-5-4-6-8-10-13-14/h9H,2-8,10-11,13H2,1H3. The Labute approximate surface area is 89.1 Å². The number of unbranched alkanes of at least 4 members (excludes halogenated alkanes) is 1. The van der Waals surface area contributed by atoms with Gasteiger partial charge < -0.3 is 0 Å². The molecule has 0 N–H and O–H groups in total. The SMILES string of the molecule is CCCCC1=C=CCCCCCCC1. The van der Waals surface area contributed by atoms with E-state index in [4.69, 9.17) is 0 Å². The Balaban J connectivity index is 2.43. The number of allylic oxidation sites excluding steroid dienone is 1. The van der Waals surface area contributed by atoms with Gasteiger partial charge in [-0.25, -0.2) is 0 Å². The van der Waals surface area contributed by atoms with E-state index in [0.29, 0.717) is 0 Å². The molecule has 0 fully saturated rings. The molecule has 0 aliphatic heterocycles. The Morgan fingerprint density at radius 3 is 2.79 bits per heavy atom. The van der Waals surface area contributed by atoms with Crippen molar-refractivity contribution in [2.75, 3.05) is 0 Å². The highest BCUT2D eigenvalue weighted by molar-refractivity contribution is 5.02. The Kier molecular flexibility index (Phi) is 6.53. The second-order valence-electron chi connectivity index (χ2n) is 4.36. The minimum Gasteiger partial charge on any atom is -0.126 e. The lowest BCUT2D eigenvalue weighted by atomic mass is 10.00. The van der Waals surface area contributed by atoms with Crippen molar-refractivity contribution < 1.29 is 0 Å². The molecule has 0 saturated carbocycles. The number of hydrogen-bond acceptors (Lipinski definition) is 0. The molecule has 0 radical (unpaired) electrons. The van der Waals surface area contributed by atoms with E-state index in [9.17, 15) is 0 Å². The summed E-state index contributed by atoms with van der Waals surface area (Å²) in [6, 6.07) is 0. The predicted octanol–water partition coefficient (Wildman–Crippen LogP) is 5.00. The summed E-state index contributed by atoms with van der Waals surface area (Å²) < 4.78 is 0. The van der Waals surface area contributed by atoms with Crippen molar-refractivity contribution in [3.8, 4) is 0 Å². The summed E-state index contributed by atoms with van der Waals surface area (Å²) in [5, 5.41) is 0. The van der Waals surface area contributed by atoms with Crippen LogP contribution >= 0.6 is 0 Å². The maximum absolute atomic E-state index is 3.52. The molecule has 0 amide bonds. The molecule has 0 aromatic carbocycles. The molecule has 1 aliphatic rings. The van der Waals surface area contributed by atoms with Crippen molar-refractivity contribution in [3.05, 3.63) is 17.4 Å². The third kappa shape index (κ3) is 5.29. The fraction of sp³-hybridized carbons (Fsp3) is 0.786. The van der Waals surface area contributed by atoms with Crippen molar-refractivity contribution >= 4 is 0 Å². The smallest absolute Gasteiger partial charge is 0.0244 e. The van der Waals surface area contributed by atoms with Crippen LogP contribution in [0.2, 0.25) is 0 Å². The molecule has 0 heteroatoms. The van der Waals surface area contributed by atoms with Crippen LogP contribution < -0.4 is 0 Å². The normalized spacial score (nSPS) is 19.1. The third-order valence-electron chi connectivity index (χ3n) is 2.97. The Hall–Kier alpha value is -0.480. The molecule has 0 bridgehead atoms. The first-order valence-corrected chi connectivity index (χ1v) is 6.36. The minimum atomic E-state index is 1.25. The van der Waals surface area contributed by atoms with Crippen LogP contribution in [0.25, 0.3) is 0 Å². The lowest BCUT2D eigenvalue weighted by Crippen LogP contribution is -1.87. The van der Waals surface area contributed by atoms with Gasteiger partial charge in [0.2, 0.25) is 0 Å². The van der Waals surface area contributed by atoms with E-state index in [1.807, 2.05) is 0 Å². The van der Waals surface area contributed by atoms with Crippen LogP contribution in [0.15, 0.2) is 17.4 Å². The first kappa shape index (κ1) is 11.6. The van der Waals surface area contributed by atoms with E-state index in [2.05, 4.69) is 18.7 Å². The van der Waals surface area contributed by atoms with Gasteiger partial charge in [0.15, 0.2) is 0 Å². The first-order chi connectivity index (χ1) is 6.93. The lowest BCUT2D eigenvalue weighted by molar-refractivity contribution is 0.604. The van der Waals surface area contributed by atoms with Gasteiger partial charge in [-0.3, -0.25) is 0 Å². The highest BCUT2D eigenvalue weighted by Crippen LogP contribution is 2.17. The molecule has 1 aliphatic carbocycles. The van der Waals surface area contributed by atoms with Crippen LogP contribution in [-0.2, 0) is 0 Å². The molecule has 0 aromatic heterocycles. The van der Waals surface area contributed by atoms with Gasteiger partial charge in [-0.1, -0.05) is 32.6 Å². The van der Waals surface area contributed by atoms with Gasteiger partial charge in [0.05, 0.1) is 0 Å². The zero-order chi connectivity index (χ0) is 10.1. The summed E-state index contributed by atoms with van der Waals surface area (Å²) in [7, 11) is 0. The van der Waals surface area contributed by atoms with Crippen LogP contribution in [0.3, 0.4) is 0 Å².